The van der Waals surface area contributed by atoms with Crippen molar-refractivity contribution in [2.75, 3.05) is 5.73 Å². The van der Waals surface area contributed by atoms with Gasteiger partial charge in [0.25, 0.3) is 0 Å². The van der Waals surface area contributed by atoms with E-state index in [0.29, 0.717) is 18.0 Å². The van der Waals surface area contributed by atoms with Gasteiger partial charge < -0.3 is 10.5 Å². The van der Waals surface area contributed by atoms with Gasteiger partial charge in [0.1, 0.15) is 6.10 Å². The van der Waals surface area contributed by atoms with Crippen LogP contribution in [0.3, 0.4) is 0 Å². The Bertz CT molecular complexity index is 417. The molecule has 2 N–H and O–H groups in total. The van der Waals surface area contributed by atoms with Crippen molar-refractivity contribution in [3.8, 4) is 0 Å². The molecule has 2 unspecified atom stereocenters. The summed E-state index contributed by atoms with van der Waals surface area (Å²) in [6.45, 7) is 2.22. The van der Waals surface area contributed by atoms with E-state index < -0.39 is 0 Å². The third kappa shape index (κ3) is 3.76. The summed E-state index contributed by atoms with van der Waals surface area (Å²) >= 11 is 0. The van der Waals surface area contributed by atoms with Gasteiger partial charge in [0.2, 0.25) is 0 Å². The predicted molar refractivity (Wildman–Crippen MR) is 72.1 cm³/mol. The predicted octanol–water partition coefficient (Wildman–Crippen LogP) is 2.93. The molecule has 1 aromatic rings. The van der Waals surface area contributed by atoms with Gasteiger partial charge in [-0.1, -0.05) is 25.5 Å². The third-order valence-corrected chi connectivity index (χ3v) is 3.49. The number of benzene rings is 1. The van der Waals surface area contributed by atoms with Crippen molar-refractivity contribution in [1.82, 2.24) is 0 Å². The molecule has 0 radical (unpaired) electrons. The van der Waals surface area contributed by atoms with Gasteiger partial charge >= 0.3 is 5.97 Å². The summed E-state index contributed by atoms with van der Waals surface area (Å²) in [6, 6.07) is 7.41. The molecule has 0 heterocycles. The zero-order valence-corrected chi connectivity index (χ0v) is 10.9. The van der Waals surface area contributed by atoms with Gasteiger partial charge in [-0.25, -0.2) is 0 Å². The van der Waals surface area contributed by atoms with Crippen molar-refractivity contribution in [2.45, 2.75) is 45.1 Å². The van der Waals surface area contributed by atoms with Crippen molar-refractivity contribution in [1.29, 1.82) is 0 Å². The van der Waals surface area contributed by atoms with Crippen LogP contribution >= 0.6 is 0 Å². The Balaban J connectivity index is 1.85. The van der Waals surface area contributed by atoms with E-state index in [1.165, 1.54) is 6.42 Å². The fraction of sp³-hybridized carbons (Fsp3) is 0.533. The molecule has 1 aromatic carbocycles. The van der Waals surface area contributed by atoms with Crippen LogP contribution in [0.4, 0.5) is 5.69 Å². The van der Waals surface area contributed by atoms with E-state index in [1.807, 2.05) is 24.3 Å². The SMILES string of the molecule is CC1CCCC(OC(=O)Cc2cccc(N)c2)C1. The lowest BCUT2D eigenvalue weighted by Gasteiger charge is -2.26. The van der Waals surface area contributed by atoms with Crippen molar-refractivity contribution in [2.24, 2.45) is 5.92 Å². The minimum Gasteiger partial charge on any atom is -0.462 e. The minimum atomic E-state index is -0.139. The Morgan fingerprint density at radius 2 is 2.28 bits per heavy atom. The molecular formula is C15H21NO2. The van der Waals surface area contributed by atoms with Gasteiger partial charge in [-0.15, -0.1) is 0 Å². The van der Waals surface area contributed by atoms with Crippen LogP contribution in [0.5, 0.6) is 0 Å². The molecule has 0 saturated heterocycles. The van der Waals surface area contributed by atoms with Crippen LogP contribution in [-0.4, -0.2) is 12.1 Å². The molecular weight excluding hydrogens is 226 g/mol. The Morgan fingerprint density at radius 1 is 1.44 bits per heavy atom. The van der Waals surface area contributed by atoms with E-state index >= 15 is 0 Å². The van der Waals surface area contributed by atoms with E-state index in [1.54, 1.807) is 0 Å². The molecule has 0 bridgehead atoms. The lowest BCUT2D eigenvalue weighted by molar-refractivity contribution is -0.150. The van der Waals surface area contributed by atoms with E-state index in [2.05, 4.69) is 6.92 Å². The Hall–Kier alpha value is -1.51. The summed E-state index contributed by atoms with van der Waals surface area (Å²) in [7, 11) is 0. The zero-order valence-electron chi connectivity index (χ0n) is 10.9. The first-order valence-electron chi connectivity index (χ1n) is 6.67. The van der Waals surface area contributed by atoms with Crippen LogP contribution in [-0.2, 0) is 16.0 Å². The maximum atomic E-state index is 11.8. The number of anilines is 1. The fourth-order valence-electron chi connectivity index (χ4n) is 2.58. The number of hydrogen-bond donors (Lipinski definition) is 1. The molecule has 98 valence electrons. The van der Waals surface area contributed by atoms with Gasteiger partial charge in [-0.3, -0.25) is 4.79 Å². The summed E-state index contributed by atoms with van der Waals surface area (Å²) < 4.78 is 5.53. The van der Waals surface area contributed by atoms with Crippen molar-refractivity contribution < 1.29 is 9.53 Å². The molecule has 0 aromatic heterocycles. The van der Waals surface area contributed by atoms with E-state index in [0.717, 1.165) is 24.8 Å². The summed E-state index contributed by atoms with van der Waals surface area (Å²) in [5.41, 5.74) is 7.29. The van der Waals surface area contributed by atoms with Crippen LogP contribution in [0.25, 0.3) is 0 Å². The lowest BCUT2D eigenvalue weighted by atomic mass is 9.89. The largest absolute Gasteiger partial charge is 0.462 e. The number of hydrogen-bond acceptors (Lipinski definition) is 3. The molecule has 1 fully saturated rings. The van der Waals surface area contributed by atoms with Crippen LogP contribution in [0.2, 0.25) is 0 Å². The molecule has 1 aliphatic carbocycles. The third-order valence-electron chi connectivity index (χ3n) is 3.49. The second kappa shape index (κ2) is 5.89. The van der Waals surface area contributed by atoms with Crippen LogP contribution in [0.15, 0.2) is 24.3 Å². The molecule has 0 amide bonds. The fourth-order valence-corrected chi connectivity index (χ4v) is 2.58. The first-order chi connectivity index (χ1) is 8.63. The molecule has 3 heteroatoms. The van der Waals surface area contributed by atoms with Crippen LogP contribution < -0.4 is 5.73 Å². The molecule has 3 nitrogen and oxygen atoms in total. The van der Waals surface area contributed by atoms with E-state index in [-0.39, 0.29) is 12.1 Å². The Kier molecular flexibility index (Phi) is 4.24. The summed E-state index contributed by atoms with van der Waals surface area (Å²) in [4.78, 5) is 11.8. The smallest absolute Gasteiger partial charge is 0.310 e. The molecule has 1 aliphatic rings. The van der Waals surface area contributed by atoms with Gasteiger partial charge in [-0.05, 0) is 42.9 Å². The normalized spacial score (nSPS) is 23.6. The summed E-state index contributed by atoms with van der Waals surface area (Å²) in [5.74, 6) is 0.531. The van der Waals surface area contributed by atoms with Gasteiger partial charge in [0.05, 0.1) is 6.42 Å². The number of nitrogen functional groups attached to an aromatic ring is 1. The highest BCUT2D eigenvalue weighted by atomic mass is 16.5. The number of carbonyl (C=O) groups excluding carboxylic acids is 1. The Labute approximate surface area is 108 Å². The van der Waals surface area contributed by atoms with Crippen molar-refractivity contribution in [3.05, 3.63) is 29.8 Å². The van der Waals surface area contributed by atoms with E-state index in [4.69, 9.17) is 10.5 Å². The quantitative estimate of drug-likeness (QED) is 0.660. The molecule has 18 heavy (non-hydrogen) atoms. The lowest BCUT2D eigenvalue weighted by Crippen LogP contribution is -2.25. The van der Waals surface area contributed by atoms with Crippen molar-refractivity contribution >= 4 is 11.7 Å². The Morgan fingerprint density at radius 3 is 3.00 bits per heavy atom. The number of rotatable bonds is 3. The molecule has 2 atom stereocenters. The van der Waals surface area contributed by atoms with Crippen molar-refractivity contribution in [3.63, 3.8) is 0 Å². The highest BCUT2D eigenvalue weighted by Crippen LogP contribution is 2.26. The molecule has 0 aliphatic heterocycles. The minimum absolute atomic E-state index is 0.113. The van der Waals surface area contributed by atoms with Gasteiger partial charge in [0.15, 0.2) is 0 Å². The monoisotopic (exact) mass is 247 g/mol. The summed E-state index contributed by atoms with van der Waals surface area (Å²) in [5, 5.41) is 0. The number of nitrogens with two attached hydrogens (primary N) is 1. The average molecular weight is 247 g/mol. The van der Waals surface area contributed by atoms with Crippen LogP contribution in [0, 0.1) is 5.92 Å². The standard InChI is InChI=1S/C15H21NO2/c1-11-4-2-7-14(8-11)18-15(17)10-12-5-3-6-13(16)9-12/h3,5-6,9,11,14H,2,4,7-8,10,16H2,1H3. The molecule has 0 spiro atoms. The van der Waals surface area contributed by atoms with Gasteiger partial charge in [0, 0.05) is 5.69 Å². The first-order valence-corrected chi connectivity index (χ1v) is 6.67. The number of carbonyl (C=O) groups is 1. The maximum absolute atomic E-state index is 11.8. The number of ether oxygens (including phenoxy) is 1. The van der Waals surface area contributed by atoms with E-state index in [9.17, 15) is 4.79 Å². The second-order valence-corrected chi connectivity index (χ2v) is 5.31. The highest BCUT2D eigenvalue weighted by Gasteiger charge is 2.22. The zero-order chi connectivity index (χ0) is 13.0. The summed E-state index contributed by atoms with van der Waals surface area (Å²) in [6.07, 6.45) is 4.86. The topological polar surface area (TPSA) is 52.3 Å². The number of esters is 1. The average Bonchev–Trinajstić information content (AvgIpc) is 2.28. The van der Waals surface area contributed by atoms with Crippen LogP contribution in [0.1, 0.15) is 38.2 Å². The maximum Gasteiger partial charge on any atom is 0.310 e. The highest BCUT2D eigenvalue weighted by molar-refractivity contribution is 5.73. The first kappa shape index (κ1) is 12.9. The second-order valence-electron chi connectivity index (χ2n) is 5.31. The molecule has 2 rings (SSSR count). The van der Waals surface area contributed by atoms with Gasteiger partial charge in [-0.2, -0.15) is 0 Å². The molecule has 1 saturated carbocycles.